The van der Waals surface area contributed by atoms with E-state index in [-0.39, 0.29) is 17.8 Å². The molecule has 0 radical (unpaired) electrons. The molecule has 0 N–H and O–H groups in total. The summed E-state index contributed by atoms with van der Waals surface area (Å²) in [5.41, 5.74) is 1.00. The Bertz CT molecular complexity index is 474. The van der Waals surface area contributed by atoms with Crippen LogP contribution in [-0.2, 0) is 23.8 Å². The van der Waals surface area contributed by atoms with Crippen molar-refractivity contribution >= 4 is 10.1 Å². The van der Waals surface area contributed by atoms with Gasteiger partial charge in [-0.1, -0.05) is 17.7 Å². The highest BCUT2D eigenvalue weighted by Crippen LogP contribution is 2.15. The molecule has 1 fully saturated rings. The molecule has 0 aliphatic carbocycles. The van der Waals surface area contributed by atoms with Crippen molar-refractivity contribution < 1.29 is 22.1 Å². The number of hydrogen-bond donors (Lipinski definition) is 0. The van der Waals surface area contributed by atoms with Gasteiger partial charge in [0.2, 0.25) is 0 Å². The standard InChI is InChI=1S/C12H16O5S/c1-10-2-4-11(5-3-10)18(13,14)17-7-6-12-15-8-9-16-12/h2-5,12H,6-9H2,1H3. The number of rotatable bonds is 5. The second-order valence-corrected chi connectivity index (χ2v) is 5.66. The topological polar surface area (TPSA) is 61.8 Å². The van der Waals surface area contributed by atoms with Crippen molar-refractivity contribution in [1.82, 2.24) is 0 Å². The van der Waals surface area contributed by atoms with Gasteiger partial charge < -0.3 is 9.47 Å². The molecule has 1 aromatic carbocycles. The van der Waals surface area contributed by atoms with Crippen LogP contribution in [0, 0.1) is 6.92 Å². The van der Waals surface area contributed by atoms with Crippen molar-refractivity contribution in [2.24, 2.45) is 0 Å². The van der Waals surface area contributed by atoms with Crippen molar-refractivity contribution in [3.63, 3.8) is 0 Å². The van der Waals surface area contributed by atoms with Crippen molar-refractivity contribution in [2.45, 2.75) is 24.5 Å². The number of benzene rings is 1. The summed E-state index contributed by atoms with van der Waals surface area (Å²) in [7, 11) is -3.68. The van der Waals surface area contributed by atoms with E-state index in [0.717, 1.165) is 5.56 Å². The fraction of sp³-hybridized carbons (Fsp3) is 0.500. The molecule has 0 bridgehead atoms. The molecular formula is C12H16O5S. The predicted molar refractivity (Wildman–Crippen MR) is 64.6 cm³/mol. The Balaban J connectivity index is 1.88. The fourth-order valence-corrected chi connectivity index (χ4v) is 2.52. The van der Waals surface area contributed by atoms with Crippen LogP contribution in [0.25, 0.3) is 0 Å². The Morgan fingerprint density at radius 2 is 1.83 bits per heavy atom. The Labute approximate surface area is 107 Å². The molecule has 1 aliphatic rings. The summed E-state index contributed by atoms with van der Waals surface area (Å²) in [6, 6.07) is 6.54. The summed E-state index contributed by atoms with van der Waals surface area (Å²) in [5.74, 6) is 0. The third kappa shape index (κ3) is 3.52. The summed E-state index contributed by atoms with van der Waals surface area (Å²) >= 11 is 0. The second kappa shape index (κ2) is 5.79. The Morgan fingerprint density at radius 1 is 1.22 bits per heavy atom. The maximum absolute atomic E-state index is 11.8. The maximum Gasteiger partial charge on any atom is 0.296 e. The lowest BCUT2D eigenvalue weighted by atomic mass is 10.2. The molecule has 2 rings (SSSR count). The first-order valence-electron chi connectivity index (χ1n) is 5.77. The lowest BCUT2D eigenvalue weighted by molar-refractivity contribution is -0.0527. The van der Waals surface area contributed by atoms with Crippen molar-refractivity contribution in [3.05, 3.63) is 29.8 Å². The fourth-order valence-electron chi connectivity index (χ4n) is 1.60. The van der Waals surface area contributed by atoms with E-state index in [2.05, 4.69) is 0 Å². The third-order valence-corrected chi connectivity index (χ3v) is 3.92. The van der Waals surface area contributed by atoms with Gasteiger partial charge in [-0.3, -0.25) is 4.18 Å². The van der Waals surface area contributed by atoms with Gasteiger partial charge in [0, 0.05) is 6.42 Å². The van der Waals surface area contributed by atoms with E-state index >= 15 is 0 Å². The summed E-state index contributed by atoms with van der Waals surface area (Å²) in [5, 5.41) is 0. The van der Waals surface area contributed by atoms with E-state index in [4.69, 9.17) is 13.7 Å². The minimum atomic E-state index is -3.68. The van der Waals surface area contributed by atoms with Crippen LogP contribution in [0.2, 0.25) is 0 Å². The molecule has 0 saturated carbocycles. The molecule has 100 valence electrons. The molecule has 0 spiro atoms. The quantitative estimate of drug-likeness (QED) is 0.759. The normalized spacial score (nSPS) is 17.2. The van der Waals surface area contributed by atoms with Gasteiger partial charge in [0.05, 0.1) is 24.7 Å². The Hall–Kier alpha value is -0.950. The van der Waals surface area contributed by atoms with Gasteiger partial charge in [0.15, 0.2) is 6.29 Å². The monoisotopic (exact) mass is 272 g/mol. The molecule has 5 nitrogen and oxygen atoms in total. The molecule has 0 amide bonds. The zero-order valence-electron chi connectivity index (χ0n) is 10.2. The van der Waals surface area contributed by atoms with E-state index in [1.807, 2.05) is 6.92 Å². The van der Waals surface area contributed by atoms with Gasteiger partial charge >= 0.3 is 0 Å². The van der Waals surface area contributed by atoms with Crippen LogP contribution in [0.1, 0.15) is 12.0 Å². The summed E-state index contributed by atoms with van der Waals surface area (Å²) in [6.45, 7) is 3.05. The molecule has 1 aromatic rings. The van der Waals surface area contributed by atoms with Crippen LogP contribution in [-0.4, -0.2) is 34.5 Å². The smallest absolute Gasteiger partial charge is 0.296 e. The van der Waals surface area contributed by atoms with Crippen molar-refractivity contribution in [1.29, 1.82) is 0 Å². The van der Waals surface area contributed by atoms with Gasteiger partial charge in [0.25, 0.3) is 10.1 Å². The third-order valence-electron chi connectivity index (χ3n) is 2.59. The van der Waals surface area contributed by atoms with E-state index in [9.17, 15) is 8.42 Å². The molecule has 0 aromatic heterocycles. The van der Waals surface area contributed by atoms with Crippen LogP contribution in [0.5, 0.6) is 0 Å². The zero-order valence-corrected chi connectivity index (χ0v) is 11.0. The first kappa shape index (κ1) is 13.5. The molecule has 1 aliphatic heterocycles. The predicted octanol–water partition coefficient (Wildman–Crippen LogP) is 1.46. The summed E-state index contributed by atoms with van der Waals surface area (Å²) < 4.78 is 38.9. The van der Waals surface area contributed by atoms with Gasteiger partial charge in [-0.2, -0.15) is 8.42 Å². The molecule has 6 heteroatoms. The Kier molecular flexibility index (Phi) is 4.34. The molecule has 0 atom stereocenters. The van der Waals surface area contributed by atoms with Gasteiger partial charge in [-0.15, -0.1) is 0 Å². The van der Waals surface area contributed by atoms with Crippen molar-refractivity contribution in [3.8, 4) is 0 Å². The molecule has 0 unspecified atom stereocenters. The molecule has 1 heterocycles. The largest absolute Gasteiger partial charge is 0.350 e. The molecular weight excluding hydrogens is 256 g/mol. The number of aryl methyl sites for hydroxylation is 1. The van der Waals surface area contributed by atoms with E-state index in [1.165, 1.54) is 12.1 Å². The van der Waals surface area contributed by atoms with Gasteiger partial charge in [0.1, 0.15) is 0 Å². The highest BCUT2D eigenvalue weighted by Gasteiger charge is 2.19. The molecule has 18 heavy (non-hydrogen) atoms. The minimum absolute atomic E-state index is 0.0564. The minimum Gasteiger partial charge on any atom is -0.350 e. The van der Waals surface area contributed by atoms with E-state index < -0.39 is 10.1 Å². The maximum atomic E-state index is 11.8. The average Bonchev–Trinajstić information content (AvgIpc) is 2.82. The average molecular weight is 272 g/mol. The number of ether oxygens (including phenoxy) is 2. The van der Waals surface area contributed by atoms with E-state index in [0.29, 0.717) is 19.6 Å². The van der Waals surface area contributed by atoms with Gasteiger partial charge in [-0.05, 0) is 19.1 Å². The van der Waals surface area contributed by atoms with Crippen LogP contribution < -0.4 is 0 Å². The summed E-state index contributed by atoms with van der Waals surface area (Å²) in [6.07, 6.45) is 0.0590. The van der Waals surface area contributed by atoms with Crippen LogP contribution in [0.4, 0.5) is 0 Å². The Morgan fingerprint density at radius 3 is 2.44 bits per heavy atom. The van der Waals surface area contributed by atoms with E-state index in [1.54, 1.807) is 12.1 Å². The first-order valence-corrected chi connectivity index (χ1v) is 7.18. The lowest BCUT2D eigenvalue weighted by Gasteiger charge is -2.09. The number of hydrogen-bond acceptors (Lipinski definition) is 5. The second-order valence-electron chi connectivity index (χ2n) is 4.05. The highest BCUT2D eigenvalue weighted by atomic mass is 32.2. The first-order chi connectivity index (χ1) is 8.58. The van der Waals surface area contributed by atoms with Crippen LogP contribution in [0.3, 0.4) is 0 Å². The van der Waals surface area contributed by atoms with Crippen molar-refractivity contribution in [2.75, 3.05) is 19.8 Å². The van der Waals surface area contributed by atoms with Gasteiger partial charge in [-0.25, -0.2) is 0 Å². The van der Waals surface area contributed by atoms with Crippen LogP contribution in [0.15, 0.2) is 29.2 Å². The SMILES string of the molecule is Cc1ccc(S(=O)(=O)OCCC2OCCO2)cc1. The summed E-state index contributed by atoms with van der Waals surface area (Å²) in [4.78, 5) is 0.168. The molecule has 1 saturated heterocycles. The zero-order chi connectivity index (χ0) is 13.0. The lowest BCUT2D eigenvalue weighted by Crippen LogP contribution is -2.14. The highest BCUT2D eigenvalue weighted by molar-refractivity contribution is 7.86. The van der Waals surface area contributed by atoms with Crippen LogP contribution >= 0.6 is 0 Å².